The molecule has 104 valence electrons. The van der Waals surface area contributed by atoms with E-state index in [1.807, 2.05) is 24.3 Å². The van der Waals surface area contributed by atoms with Crippen molar-refractivity contribution in [3.63, 3.8) is 0 Å². The van der Waals surface area contributed by atoms with Gasteiger partial charge in [-0.2, -0.15) is 0 Å². The van der Waals surface area contributed by atoms with Gasteiger partial charge in [0.25, 0.3) is 0 Å². The van der Waals surface area contributed by atoms with E-state index in [9.17, 15) is 4.79 Å². The minimum absolute atomic E-state index is 0.0976. The summed E-state index contributed by atoms with van der Waals surface area (Å²) in [4.78, 5) is 12.7. The number of carbonyl (C=O) groups excluding carboxylic acids is 1. The molecule has 1 N–H and O–H groups in total. The fourth-order valence-electron chi connectivity index (χ4n) is 3.03. The van der Waals surface area contributed by atoms with E-state index in [0.717, 1.165) is 49.4 Å². The van der Waals surface area contributed by atoms with Gasteiger partial charge < -0.3 is 5.32 Å². The van der Waals surface area contributed by atoms with Crippen molar-refractivity contribution in [2.24, 2.45) is 5.41 Å². The molecule has 0 aromatic heterocycles. The number of nitrogens with one attached hydrogen (secondary N) is 1. The summed E-state index contributed by atoms with van der Waals surface area (Å²) < 4.78 is 0. The highest BCUT2D eigenvalue weighted by Gasteiger charge is 2.37. The van der Waals surface area contributed by atoms with Crippen LogP contribution in [0, 0.1) is 5.41 Å². The molecule has 0 spiro atoms. The highest BCUT2D eigenvalue weighted by Crippen LogP contribution is 2.36. The molecule has 3 heteroatoms. The number of hydrogen-bond donors (Lipinski definition) is 1. The minimum Gasteiger partial charge on any atom is -0.317 e. The maximum absolute atomic E-state index is 12.7. The van der Waals surface area contributed by atoms with E-state index in [0.29, 0.717) is 12.2 Å². The van der Waals surface area contributed by atoms with Crippen molar-refractivity contribution < 1.29 is 4.79 Å². The molecule has 1 saturated heterocycles. The Hall–Kier alpha value is -0.860. The van der Waals surface area contributed by atoms with Crippen molar-refractivity contribution >= 4 is 17.4 Å². The number of Topliss-reactive ketones (excluding diaryl/α,β-unsaturated/α-hetero) is 1. The summed E-state index contributed by atoms with van der Waals surface area (Å²) in [5.74, 6) is 0.401. The van der Waals surface area contributed by atoms with Crippen LogP contribution in [0.4, 0.5) is 0 Å². The Kier molecular flexibility index (Phi) is 5.00. The number of benzene rings is 1. The van der Waals surface area contributed by atoms with Gasteiger partial charge in [0, 0.05) is 16.9 Å². The average Bonchev–Trinajstić information content (AvgIpc) is 2.43. The van der Waals surface area contributed by atoms with Crippen molar-refractivity contribution in [3.8, 4) is 0 Å². The Labute approximate surface area is 120 Å². The molecule has 1 aliphatic heterocycles. The van der Waals surface area contributed by atoms with E-state index >= 15 is 0 Å². The smallest absolute Gasteiger partial charge is 0.143 e. The molecule has 0 radical (unpaired) electrons. The van der Waals surface area contributed by atoms with Crippen molar-refractivity contribution in [2.75, 3.05) is 13.1 Å². The normalized spacial score (nSPS) is 18.2. The Balaban J connectivity index is 2.09. The second-order valence-corrected chi connectivity index (χ2v) is 5.94. The largest absolute Gasteiger partial charge is 0.317 e. The minimum atomic E-state index is -0.0976. The van der Waals surface area contributed by atoms with Gasteiger partial charge in [-0.05, 0) is 50.0 Å². The summed E-state index contributed by atoms with van der Waals surface area (Å²) in [5, 5.41) is 4.08. The summed E-state index contributed by atoms with van der Waals surface area (Å²) in [6, 6.07) is 7.64. The molecule has 2 rings (SSSR count). The SMILES string of the molecule is CCCC1(C(=O)Cc2ccc(Cl)cc2)CCNCC1. The van der Waals surface area contributed by atoms with Gasteiger partial charge in [0.15, 0.2) is 0 Å². The monoisotopic (exact) mass is 279 g/mol. The first kappa shape index (κ1) is 14.5. The van der Waals surface area contributed by atoms with E-state index < -0.39 is 0 Å². The van der Waals surface area contributed by atoms with Crippen LogP contribution in [0.15, 0.2) is 24.3 Å². The van der Waals surface area contributed by atoms with Crippen LogP contribution in [0.25, 0.3) is 0 Å². The standard InChI is InChI=1S/C16H22ClNO/c1-2-7-16(8-10-18-11-9-16)15(19)12-13-3-5-14(17)6-4-13/h3-6,18H,2,7-12H2,1H3. The lowest BCUT2D eigenvalue weighted by atomic mass is 9.70. The highest BCUT2D eigenvalue weighted by molar-refractivity contribution is 6.30. The molecular formula is C16H22ClNO. The van der Waals surface area contributed by atoms with Crippen LogP contribution in [0.5, 0.6) is 0 Å². The predicted molar refractivity (Wildman–Crippen MR) is 79.6 cm³/mol. The molecule has 0 amide bonds. The first-order chi connectivity index (χ1) is 9.16. The zero-order chi connectivity index (χ0) is 13.7. The van der Waals surface area contributed by atoms with Gasteiger partial charge in [0.2, 0.25) is 0 Å². The van der Waals surface area contributed by atoms with Crippen LogP contribution in [0.3, 0.4) is 0 Å². The predicted octanol–water partition coefficient (Wildman–Crippen LogP) is 3.62. The molecule has 1 aliphatic rings. The third-order valence-electron chi connectivity index (χ3n) is 4.16. The molecule has 0 bridgehead atoms. The van der Waals surface area contributed by atoms with Gasteiger partial charge in [-0.3, -0.25) is 4.79 Å². The molecule has 0 aliphatic carbocycles. The lowest BCUT2D eigenvalue weighted by molar-refractivity contribution is -0.130. The zero-order valence-electron chi connectivity index (χ0n) is 11.5. The van der Waals surface area contributed by atoms with Crippen LogP contribution in [0.1, 0.15) is 38.2 Å². The molecule has 0 saturated carbocycles. The van der Waals surface area contributed by atoms with E-state index in [2.05, 4.69) is 12.2 Å². The van der Waals surface area contributed by atoms with Crippen LogP contribution in [-0.4, -0.2) is 18.9 Å². The van der Waals surface area contributed by atoms with Crippen LogP contribution < -0.4 is 5.32 Å². The summed E-state index contributed by atoms with van der Waals surface area (Å²) in [6.45, 7) is 4.10. The Morgan fingerprint density at radius 3 is 2.47 bits per heavy atom. The second-order valence-electron chi connectivity index (χ2n) is 5.51. The quantitative estimate of drug-likeness (QED) is 0.892. The summed E-state index contributed by atoms with van der Waals surface area (Å²) >= 11 is 5.88. The first-order valence-electron chi connectivity index (χ1n) is 7.15. The van der Waals surface area contributed by atoms with Gasteiger partial charge in [-0.25, -0.2) is 0 Å². The fourth-order valence-corrected chi connectivity index (χ4v) is 3.15. The molecule has 1 heterocycles. The molecule has 1 fully saturated rings. The van der Waals surface area contributed by atoms with Crippen molar-refractivity contribution in [3.05, 3.63) is 34.9 Å². The molecule has 0 unspecified atom stereocenters. The van der Waals surface area contributed by atoms with E-state index in [1.165, 1.54) is 0 Å². The zero-order valence-corrected chi connectivity index (χ0v) is 12.3. The second kappa shape index (κ2) is 6.53. The average molecular weight is 280 g/mol. The third-order valence-corrected chi connectivity index (χ3v) is 4.41. The first-order valence-corrected chi connectivity index (χ1v) is 7.52. The van der Waals surface area contributed by atoms with Gasteiger partial charge in [0.05, 0.1) is 0 Å². The molecule has 1 aromatic carbocycles. The van der Waals surface area contributed by atoms with Crippen LogP contribution >= 0.6 is 11.6 Å². The highest BCUT2D eigenvalue weighted by atomic mass is 35.5. The van der Waals surface area contributed by atoms with Crippen LogP contribution in [-0.2, 0) is 11.2 Å². The van der Waals surface area contributed by atoms with E-state index in [1.54, 1.807) is 0 Å². The van der Waals surface area contributed by atoms with E-state index in [4.69, 9.17) is 11.6 Å². The number of piperidine rings is 1. The maximum Gasteiger partial charge on any atom is 0.143 e. The molecule has 0 atom stereocenters. The molecule has 2 nitrogen and oxygen atoms in total. The number of halogens is 1. The Bertz CT molecular complexity index is 415. The topological polar surface area (TPSA) is 29.1 Å². The van der Waals surface area contributed by atoms with Gasteiger partial charge in [-0.15, -0.1) is 0 Å². The third kappa shape index (κ3) is 3.58. The summed E-state index contributed by atoms with van der Waals surface area (Å²) in [6.07, 6.45) is 4.59. The number of ketones is 1. The van der Waals surface area contributed by atoms with Gasteiger partial charge in [0.1, 0.15) is 5.78 Å². The molecule has 19 heavy (non-hydrogen) atoms. The lowest BCUT2D eigenvalue weighted by Gasteiger charge is -2.36. The van der Waals surface area contributed by atoms with Gasteiger partial charge >= 0.3 is 0 Å². The maximum atomic E-state index is 12.7. The Morgan fingerprint density at radius 1 is 1.26 bits per heavy atom. The molecular weight excluding hydrogens is 258 g/mol. The van der Waals surface area contributed by atoms with Crippen molar-refractivity contribution in [2.45, 2.75) is 39.0 Å². The number of carbonyl (C=O) groups is 1. The van der Waals surface area contributed by atoms with E-state index in [-0.39, 0.29) is 5.41 Å². The number of rotatable bonds is 5. The number of hydrogen-bond acceptors (Lipinski definition) is 2. The van der Waals surface area contributed by atoms with Crippen molar-refractivity contribution in [1.29, 1.82) is 0 Å². The lowest BCUT2D eigenvalue weighted by Crippen LogP contribution is -2.42. The van der Waals surface area contributed by atoms with Gasteiger partial charge in [-0.1, -0.05) is 37.1 Å². The van der Waals surface area contributed by atoms with Crippen LogP contribution in [0.2, 0.25) is 5.02 Å². The summed E-state index contributed by atoms with van der Waals surface area (Å²) in [5.41, 5.74) is 0.975. The summed E-state index contributed by atoms with van der Waals surface area (Å²) in [7, 11) is 0. The van der Waals surface area contributed by atoms with Crippen molar-refractivity contribution in [1.82, 2.24) is 5.32 Å². The molecule has 1 aromatic rings. The fraction of sp³-hybridized carbons (Fsp3) is 0.562. The Morgan fingerprint density at radius 2 is 1.89 bits per heavy atom.